The third-order valence-corrected chi connectivity index (χ3v) is 13.0. The molecular weight excluding hydrogens is 661 g/mol. The molecule has 0 amide bonds. The normalized spacial score (nSPS) is 13.5. The van der Waals surface area contributed by atoms with Gasteiger partial charge in [-0.1, -0.05) is 103 Å². The van der Waals surface area contributed by atoms with E-state index in [1.807, 2.05) is 11.3 Å². The number of para-hydroxylation sites is 4. The van der Waals surface area contributed by atoms with E-state index in [-0.39, 0.29) is 6.85 Å². The van der Waals surface area contributed by atoms with Gasteiger partial charge in [-0.05, 0) is 88.8 Å². The fraction of sp³-hybridized carbons (Fsp3) is 0. The highest BCUT2D eigenvalue weighted by Crippen LogP contribution is 2.52. The number of rotatable bonds is 2. The summed E-state index contributed by atoms with van der Waals surface area (Å²) in [6, 6.07) is 63.5. The Morgan fingerprint density at radius 2 is 0.962 bits per heavy atom. The predicted molar refractivity (Wildman–Crippen MR) is 226 cm³/mol. The molecule has 13 rings (SSSR count). The van der Waals surface area contributed by atoms with Gasteiger partial charge in [0.2, 0.25) is 0 Å². The van der Waals surface area contributed by atoms with Crippen molar-refractivity contribution in [3.05, 3.63) is 170 Å². The molecule has 0 spiro atoms. The summed E-state index contributed by atoms with van der Waals surface area (Å²) in [5.74, 6) is 0. The number of fused-ring (bicyclic) bond motifs is 12. The summed E-state index contributed by atoms with van der Waals surface area (Å²) in [5.41, 5.74) is 17.6. The SMILES string of the molecule is c1ccc2c(c1)-c1cccc3c1B1c4c(cc(-n5c6ccccc6c6ccccc65)cc4N3c3ccc4sc5ccccc5c4c3)-c3ccccc3N12. The van der Waals surface area contributed by atoms with Crippen LogP contribution in [0.5, 0.6) is 0 Å². The molecule has 5 heterocycles. The summed E-state index contributed by atoms with van der Waals surface area (Å²) in [5, 5.41) is 5.16. The van der Waals surface area contributed by atoms with E-state index in [9.17, 15) is 0 Å². The molecule has 2 aromatic heterocycles. The number of thiophene rings is 1. The topological polar surface area (TPSA) is 11.4 Å². The molecule has 0 N–H and O–H groups in total. The number of aromatic nitrogens is 1. The van der Waals surface area contributed by atoms with Gasteiger partial charge in [-0.15, -0.1) is 11.3 Å². The van der Waals surface area contributed by atoms with E-state index >= 15 is 0 Å². The largest absolute Gasteiger partial charge is 0.376 e. The van der Waals surface area contributed by atoms with Gasteiger partial charge in [-0.2, -0.15) is 0 Å². The number of hydrogen-bond donors (Lipinski definition) is 0. The first kappa shape index (κ1) is 28.1. The van der Waals surface area contributed by atoms with Crippen molar-refractivity contribution in [2.24, 2.45) is 0 Å². The summed E-state index contributed by atoms with van der Waals surface area (Å²) in [6.45, 7) is 0.0326. The van der Waals surface area contributed by atoms with Crippen LogP contribution in [0, 0.1) is 0 Å². The summed E-state index contributed by atoms with van der Waals surface area (Å²) in [6.07, 6.45) is 0. The minimum atomic E-state index is 0.0326. The molecule has 0 unspecified atom stereocenters. The standard InChI is InChI=1S/C48H28BN3S/c1-6-18-39-31(12-1)32-13-2-7-19-40(32)51(39)30-27-38-34-15-4-9-21-42(34)52-41-20-8-3-14-33(41)36-17-11-22-43-47(36)49(52)48(38)44(28-30)50(43)29-24-25-46-37(26-29)35-16-5-10-23-45(35)53-46/h1-28H. The molecule has 8 aromatic carbocycles. The van der Waals surface area contributed by atoms with Crippen molar-refractivity contribution in [3.63, 3.8) is 0 Å². The highest BCUT2D eigenvalue weighted by atomic mass is 32.1. The Morgan fingerprint density at radius 1 is 0.377 bits per heavy atom. The molecule has 0 radical (unpaired) electrons. The molecule has 5 heteroatoms. The van der Waals surface area contributed by atoms with E-state index in [1.54, 1.807) is 0 Å². The molecule has 10 aromatic rings. The molecule has 0 saturated carbocycles. The molecule has 0 atom stereocenters. The van der Waals surface area contributed by atoms with Crippen molar-refractivity contribution in [2.45, 2.75) is 0 Å². The van der Waals surface area contributed by atoms with Crippen LogP contribution in [0.2, 0.25) is 0 Å². The Balaban J connectivity index is 1.20. The average Bonchev–Trinajstić information content (AvgIpc) is 3.76. The summed E-state index contributed by atoms with van der Waals surface area (Å²) >= 11 is 1.87. The van der Waals surface area contributed by atoms with Gasteiger partial charge in [-0.25, -0.2) is 0 Å². The van der Waals surface area contributed by atoms with Gasteiger partial charge >= 0.3 is 6.85 Å². The predicted octanol–water partition coefficient (Wildman–Crippen LogP) is 11.8. The van der Waals surface area contributed by atoms with E-state index in [1.165, 1.54) is 109 Å². The third-order valence-electron chi connectivity index (χ3n) is 11.9. The molecule has 0 saturated heterocycles. The number of nitrogens with zero attached hydrogens (tertiary/aromatic N) is 3. The van der Waals surface area contributed by atoms with Crippen molar-refractivity contribution < 1.29 is 0 Å². The Bertz CT molecular complexity index is 3170. The molecule has 0 fully saturated rings. The van der Waals surface area contributed by atoms with Gasteiger partial charge in [0.25, 0.3) is 0 Å². The quantitative estimate of drug-likeness (QED) is 0.167. The second-order valence-electron chi connectivity index (χ2n) is 14.5. The van der Waals surface area contributed by atoms with Crippen LogP contribution in [-0.2, 0) is 0 Å². The Hall–Kier alpha value is -6.56. The van der Waals surface area contributed by atoms with Crippen LogP contribution in [0.25, 0.3) is 69.9 Å². The molecule has 0 aliphatic carbocycles. The molecule has 0 bridgehead atoms. The van der Waals surface area contributed by atoms with Gasteiger partial charge in [0, 0.05) is 76.2 Å². The maximum atomic E-state index is 2.62. The number of anilines is 5. The summed E-state index contributed by atoms with van der Waals surface area (Å²) < 4.78 is 5.12. The van der Waals surface area contributed by atoms with Crippen LogP contribution in [0.15, 0.2) is 170 Å². The minimum absolute atomic E-state index is 0.0326. The van der Waals surface area contributed by atoms with E-state index in [2.05, 4.69) is 184 Å². The first-order valence-electron chi connectivity index (χ1n) is 18.3. The Kier molecular flexibility index (Phi) is 5.33. The zero-order valence-electron chi connectivity index (χ0n) is 28.5. The lowest BCUT2D eigenvalue weighted by molar-refractivity contribution is 1.17. The lowest BCUT2D eigenvalue weighted by atomic mass is 9.41. The second-order valence-corrected chi connectivity index (χ2v) is 15.5. The molecule has 53 heavy (non-hydrogen) atoms. The number of hydrogen-bond acceptors (Lipinski definition) is 3. The van der Waals surface area contributed by atoms with Crippen molar-refractivity contribution >= 4 is 99.5 Å². The molecule has 3 aliphatic heterocycles. The van der Waals surface area contributed by atoms with E-state index < -0.39 is 0 Å². The van der Waals surface area contributed by atoms with Crippen molar-refractivity contribution in [1.82, 2.24) is 4.57 Å². The average molecular weight is 690 g/mol. The fourth-order valence-corrected chi connectivity index (χ4v) is 10.9. The van der Waals surface area contributed by atoms with E-state index in [0.29, 0.717) is 0 Å². The van der Waals surface area contributed by atoms with Crippen LogP contribution in [0.3, 0.4) is 0 Å². The zero-order chi connectivity index (χ0) is 34.4. The zero-order valence-corrected chi connectivity index (χ0v) is 29.3. The highest BCUT2D eigenvalue weighted by Gasteiger charge is 2.49. The monoisotopic (exact) mass is 689 g/mol. The molecule has 3 nitrogen and oxygen atoms in total. The highest BCUT2D eigenvalue weighted by molar-refractivity contribution is 7.25. The van der Waals surface area contributed by atoms with Crippen LogP contribution in [0.1, 0.15) is 0 Å². The van der Waals surface area contributed by atoms with Crippen molar-refractivity contribution in [3.8, 4) is 27.9 Å². The Labute approximate surface area is 310 Å². The molecular formula is C48H28BN3S. The van der Waals surface area contributed by atoms with Crippen LogP contribution in [0.4, 0.5) is 28.4 Å². The minimum Gasteiger partial charge on any atom is -0.376 e. The Morgan fingerprint density at radius 3 is 1.74 bits per heavy atom. The maximum Gasteiger partial charge on any atom is 0.333 e. The number of benzene rings is 8. The lowest BCUT2D eigenvalue weighted by Gasteiger charge is -2.49. The molecule has 3 aliphatic rings. The van der Waals surface area contributed by atoms with E-state index in [4.69, 9.17) is 0 Å². The summed E-state index contributed by atoms with van der Waals surface area (Å²) in [7, 11) is 0. The van der Waals surface area contributed by atoms with Crippen molar-refractivity contribution in [2.75, 3.05) is 9.71 Å². The third kappa shape index (κ3) is 3.55. The second kappa shape index (κ2) is 10.1. The van der Waals surface area contributed by atoms with E-state index in [0.717, 1.165) is 0 Å². The maximum absolute atomic E-state index is 2.62. The van der Waals surface area contributed by atoms with Crippen LogP contribution in [-0.4, -0.2) is 11.4 Å². The van der Waals surface area contributed by atoms with Gasteiger partial charge < -0.3 is 14.3 Å². The van der Waals surface area contributed by atoms with Crippen LogP contribution >= 0.6 is 11.3 Å². The van der Waals surface area contributed by atoms with Gasteiger partial charge in [0.1, 0.15) is 0 Å². The fourth-order valence-electron chi connectivity index (χ4n) is 9.81. The molecule has 244 valence electrons. The first-order valence-corrected chi connectivity index (χ1v) is 19.1. The summed E-state index contributed by atoms with van der Waals surface area (Å²) in [4.78, 5) is 5.19. The smallest absolute Gasteiger partial charge is 0.333 e. The lowest BCUT2D eigenvalue weighted by Crippen LogP contribution is -2.63. The van der Waals surface area contributed by atoms with Gasteiger partial charge in [0.05, 0.1) is 11.0 Å². The first-order chi connectivity index (χ1) is 26.3. The van der Waals surface area contributed by atoms with Crippen molar-refractivity contribution in [1.29, 1.82) is 0 Å². The van der Waals surface area contributed by atoms with Crippen LogP contribution < -0.4 is 20.6 Å². The van der Waals surface area contributed by atoms with Gasteiger partial charge in [0.15, 0.2) is 0 Å². The van der Waals surface area contributed by atoms with Gasteiger partial charge in [-0.3, -0.25) is 0 Å².